The minimum Gasteiger partial charge on any atom is -0.388 e. The maximum absolute atomic E-state index is 7.19. The summed E-state index contributed by atoms with van der Waals surface area (Å²) in [4.78, 5) is 2.46. The van der Waals surface area contributed by atoms with E-state index < -0.39 is 0 Å². The van der Waals surface area contributed by atoms with Crippen LogP contribution in [0.3, 0.4) is 0 Å². The fourth-order valence-electron chi connectivity index (χ4n) is 2.53. The van der Waals surface area contributed by atoms with Crippen molar-refractivity contribution in [2.75, 3.05) is 13.6 Å². The molecule has 3 heteroatoms. The molecule has 0 heterocycles. The van der Waals surface area contributed by atoms with Gasteiger partial charge in [-0.05, 0) is 51.1 Å². The smallest absolute Gasteiger partial charge is 0.0905 e. The van der Waals surface area contributed by atoms with Crippen LogP contribution in [0.15, 0.2) is 0 Å². The number of nitrogens with one attached hydrogen (secondary N) is 1. The highest BCUT2D eigenvalue weighted by molar-refractivity contribution is 5.76. The first-order chi connectivity index (χ1) is 7.41. The predicted molar refractivity (Wildman–Crippen MR) is 69.8 cm³/mol. The first kappa shape index (κ1) is 13.5. The summed E-state index contributed by atoms with van der Waals surface area (Å²) in [6.07, 6.45) is 7.09. The molecule has 94 valence electrons. The van der Waals surface area contributed by atoms with Crippen LogP contribution in [0.5, 0.6) is 0 Å². The number of rotatable bonds is 5. The van der Waals surface area contributed by atoms with Crippen molar-refractivity contribution in [2.45, 2.75) is 58.4 Å². The Morgan fingerprint density at radius 1 is 1.38 bits per heavy atom. The normalized spacial score (nSPS) is 21.2. The van der Waals surface area contributed by atoms with Crippen molar-refractivity contribution in [2.24, 2.45) is 11.1 Å². The van der Waals surface area contributed by atoms with Gasteiger partial charge in [0.25, 0.3) is 0 Å². The molecule has 0 aromatic rings. The van der Waals surface area contributed by atoms with Crippen molar-refractivity contribution in [1.29, 1.82) is 5.41 Å². The molecule has 1 saturated carbocycles. The first-order valence-electron chi connectivity index (χ1n) is 6.44. The third-order valence-electron chi connectivity index (χ3n) is 3.89. The second-order valence-electron chi connectivity index (χ2n) is 6.00. The van der Waals surface area contributed by atoms with Gasteiger partial charge in [0.15, 0.2) is 0 Å². The van der Waals surface area contributed by atoms with Gasteiger partial charge >= 0.3 is 0 Å². The summed E-state index contributed by atoms with van der Waals surface area (Å²) in [5, 5.41) is 7.19. The van der Waals surface area contributed by atoms with Crippen molar-refractivity contribution >= 4 is 5.84 Å². The van der Waals surface area contributed by atoms with E-state index in [1.165, 1.54) is 25.7 Å². The van der Waals surface area contributed by atoms with Crippen LogP contribution in [-0.2, 0) is 0 Å². The molecule has 0 aromatic heterocycles. The lowest BCUT2D eigenvalue weighted by atomic mass is 9.75. The van der Waals surface area contributed by atoms with Gasteiger partial charge in [0.1, 0.15) is 0 Å². The molecule has 1 aliphatic carbocycles. The molecule has 0 aliphatic heterocycles. The van der Waals surface area contributed by atoms with Crippen LogP contribution in [0.4, 0.5) is 0 Å². The molecule has 3 nitrogen and oxygen atoms in total. The quantitative estimate of drug-likeness (QED) is 0.558. The van der Waals surface area contributed by atoms with Gasteiger partial charge < -0.3 is 10.6 Å². The van der Waals surface area contributed by atoms with Crippen LogP contribution >= 0.6 is 0 Å². The Balaban J connectivity index is 2.22. The molecule has 0 amide bonds. The van der Waals surface area contributed by atoms with E-state index in [-0.39, 0.29) is 0 Å². The van der Waals surface area contributed by atoms with Gasteiger partial charge in [0.05, 0.1) is 5.84 Å². The molecule has 0 radical (unpaired) electrons. The van der Waals surface area contributed by atoms with Crippen LogP contribution in [0.1, 0.15) is 52.4 Å². The van der Waals surface area contributed by atoms with Crippen molar-refractivity contribution in [3.8, 4) is 0 Å². The molecule has 0 unspecified atom stereocenters. The SMILES string of the molecule is CN(CCCC(=N)N)C1CCC(C)(C)CC1. The van der Waals surface area contributed by atoms with Gasteiger partial charge in [-0.15, -0.1) is 0 Å². The third kappa shape index (κ3) is 4.52. The van der Waals surface area contributed by atoms with E-state index in [2.05, 4.69) is 25.8 Å². The molecule has 0 spiro atoms. The molecule has 1 aliphatic rings. The lowest BCUT2D eigenvalue weighted by Crippen LogP contribution is -2.37. The number of hydrogen-bond acceptors (Lipinski definition) is 2. The van der Waals surface area contributed by atoms with Gasteiger partial charge in [0.2, 0.25) is 0 Å². The minimum atomic E-state index is 0.318. The summed E-state index contributed by atoms with van der Waals surface area (Å²) in [7, 11) is 2.21. The monoisotopic (exact) mass is 225 g/mol. The van der Waals surface area contributed by atoms with Crippen LogP contribution in [0.25, 0.3) is 0 Å². The maximum Gasteiger partial charge on any atom is 0.0905 e. The molecule has 0 bridgehead atoms. The Hall–Kier alpha value is -0.570. The number of nitrogens with zero attached hydrogens (tertiary/aromatic N) is 1. The number of nitrogens with two attached hydrogens (primary N) is 1. The Labute approximate surface area is 99.9 Å². The predicted octanol–water partition coefficient (Wildman–Crippen LogP) is 2.60. The largest absolute Gasteiger partial charge is 0.388 e. The van der Waals surface area contributed by atoms with Gasteiger partial charge in [-0.1, -0.05) is 13.8 Å². The van der Waals surface area contributed by atoms with E-state index in [1.54, 1.807) is 0 Å². The summed E-state index contributed by atoms with van der Waals surface area (Å²) in [5.41, 5.74) is 5.91. The average molecular weight is 225 g/mol. The summed E-state index contributed by atoms with van der Waals surface area (Å²) < 4.78 is 0. The molecule has 0 aromatic carbocycles. The molecule has 3 N–H and O–H groups in total. The van der Waals surface area contributed by atoms with E-state index in [4.69, 9.17) is 11.1 Å². The van der Waals surface area contributed by atoms with E-state index in [0.717, 1.165) is 25.4 Å². The zero-order valence-corrected chi connectivity index (χ0v) is 11.1. The lowest BCUT2D eigenvalue weighted by molar-refractivity contribution is 0.127. The minimum absolute atomic E-state index is 0.318. The first-order valence-corrected chi connectivity index (χ1v) is 6.44. The Bertz CT molecular complexity index is 225. The van der Waals surface area contributed by atoms with E-state index in [1.807, 2.05) is 0 Å². The van der Waals surface area contributed by atoms with E-state index >= 15 is 0 Å². The lowest BCUT2D eigenvalue weighted by Gasteiger charge is -2.38. The fraction of sp³-hybridized carbons (Fsp3) is 0.923. The zero-order valence-electron chi connectivity index (χ0n) is 11.1. The topological polar surface area (TPSA) is 53.1 Å². The van der Waals surface area contributed by atoms with Crippen LogP contribution < -0.4 is 5.73 Å². The van der Waals surface area contributed by atoms with E-state index in [0.29, 0.717) is 11.3 Å². The highest BCUT2D eigenvalue weighted by Crippen LogP contribution is 2.36. The second-order valence-corrected chi connectivity index (χ2v) is 6.00. The van der Waals surface area contributed by atoms with Crippen molar-refractivity contribution in [3.63, 3.8) is 0 Å². The Morgan fingerprint density at radius 2 is 1.94 bits per heavy atom. The summed E-state index contributed by atoms with van der Waals surface area (Å²) in [6.45, 7) is 5.82. The fourth-order valence-corrected chi connectivity index (χ4v) is 2.53. The summed E-state index contributed by atoms with van der Waals surface area (Å²) in [5.74, 6) is 0.318. The zero-order chi connectivity index (χ0) is 12.2. The third-order valence-corrected chi connectivity index (χ3v) is 3.89. The van der Waals surface area contributed by atoms with Crippen LogP contribution in [0.2, 0.25) is 0 Å². The standard InChI is InChI=1S/C13H27N3/c1-13(2)8-6-11(7-9-13)16(3)10-4-5-12(14)15/h11H,4-10H2,1-3H3,(H3,14,15). The van der Waals surface area contributed by atoms with Gasteiger partial charge in [0, 0.05) is 12.5 Å². The second kappa shape index (κ2) is 5.67. The van der Waals surface area contributed by atoms with E-state index in [9.17, 15) is 0 Å². The van der Waals surface area contributed by atoms with Crippen molar-refractivity contribution < 1.29 is 0 Å². The molecule has 16 heavy (non-hydrogen) atoms. The summed E-state index contributed by atoms with van der Waals surface area (Å²) in [6, 6.07) is 0.750. The maximum atomic E-state index is 7.19. The highest BCUT2D eigenvalue weighted by Gasteiger charge is 2.28. The van der Waals surface area contributed by atoms with Crippen LogP contribution in [-0.4, -0.2) is 30.4 Å². The van der Waals surface area contributed by atoms with Crippen molar-refractivity contribution in [3.05, 3.63) is 0 Å². The van der Waals surface area contributed by atoms with Crippen LogP contribution in [0, 0.1) is 10.8 Å². The van der Waals surface area contributed by atoms with Gasteiger partial charge in [-0.25, -0.2) is 0 Å². The highest BCUT2D eigenvalue weighted by atomic mass is 15.1. The average Bonchev–Trinajstić information content (AvgIpc) is 2.16. The molecular weight excluding hydrogens is 198 g/mol. The van der Waals surface area contributed by atoms with Crippen molar-refractivity contribution in [1.82, 2.24) is 4.90 Å². The molecule has 0 saturated heterocycles. The summed E-state index contributed by atoms with van der Waals surface area (Å²) >= 11 is 0. The van der Waals surface area contributed by atoms with Gasteiger partial charge in [-0.2, -0.15) is 0 Å². The molecular formula is C13H27N3. The molecule has 1 rings (SSSR count). The molecule has 0 atom stereocenters. The Kier molecular flexibility index (Phi) is 4.78. The Morgan fingerprint density at radius 3 is 2.44 bits per heavy atom. The number of hydrogen-bond donors (Lipinski definition) is 2. The molecule has 1 fully saturated rings. The van der Waals surface area contributed by atoms with Gasteiger partial charge in [-0.3, -0.25) is 5.41 Å². The number of amidine groups is 1.